The molecule has 0 aliphatic carbocycles. The number of nitrogens with one attached hydrogen (secondary N) is 1. The minimum Gasteiger partial charge on any atom is -0.493 e. The van der Waals surface area contributed by atoms with Crippen molar-refractivity contribution < 1.29 is 28.5 Å². The summed E-state index contributed by atoms with van der Waals surface area (Å²) in [6.45, 7) is 2.15. The molecule has 1 fully saturated rings. The summed E-state index contributed by atoms with van der Waals surface area (Å²) >= 11 is 0. The molecule has 1 heterocycles. The topological polar surface area (TPSA) is 86.3 Å². The Morgan fingerprint density at radius 1 is 0.933 bits per heavy atom. The number of ether oxygens (including phenoxy) is 4. The summed E-state index contributed by atoms with van der Waals surface area (Å²) in [6, 6.07) is 8.76. The lowest BCUT2D eigenvalue weighted by molar-refractivity contribution is -0.122. The number of methoxy groups -OCH3 is 4. The second kappa shape index (κ2) is 8.94. The van der Waals surface area contributed by atoms with Crippen LogP contribution in [0.1, 0.15) is 12.0 Å². The SMILES string of the molecule is COc1ccc(N2CC(C(=O)Nc3cc(OC)c(OC)cc3C)CC2=O)cc1OC. The Hall–Kier alpha value is -3.42. The Morgan fingerprint density at radius 3 is 2.17 bits per heavy atom. The maximum absolute atomic E-state index is 12.9. The standard InChI is InChI=1S/C22H26N2O6/c1-13-8-18(28-3)20(30-5)11-16(13)23-22(26)14-9-21(25)24(12-14)15-6-7-17(27-2)19(10-15)29-4/h6-8,10-11,14H,9,12H2,1-5H3,(H,23,26). The molecule has 1 saturated heterocycles. The van der Waals surface area contributed by atoms with Crippen molar-refractivity contribution in [2.75, 3.05) is 45.2 Å². The van der Waals surface area contributed by atoms with Crippen molar-refractivity contribution in [2.24, 2.45) is 5.92 Å². The molecule has 0 bridgehead atoms. The molecule has 0 saturated carbocycles. The third-order valence-corrected chi connectivity index (χ3v) is 5.16. The highest BCUT2D eigenvalue weighted by atomic mass is 16.5. The molecule has 1 atom stereocenters. The molecule has 1 unspecified atom stereocenters. The molecule has 0 spiro atoms. The first-order valence-corrected chi connectivity index (χ1v) is 9.47. The maximum Gasteiger partial charge on any atom is 0.229 e. The van der Waals surface area contributed by atoms with Crippen LogP contribution in [0.2, 0.25) is 0 Å². The number of nitrogens with zero attached hydrogens (tertiary/aromatic N) is 1. The number of rotatable bonds is 7. The Labute approximate surface area is 175 Å². The molecule has 30 heavy (non-hydrogen) atoms. The summed E-state index contributed by atoms with van der Waals surface area (Å²) in [5, 5.41) is 2.91. The number of hydrogen-bond donors (Lipinski definition) is 1. The van der Waals surface area contributed by atoms with Crippen molar-refractivity contribution >= 4 is 23.2 Å². The Balaban J connectivity index is 1.76. The van der Waals surface area contributed by atoms with E-state index in [1.165, 1.54) is 14.2 Å². The van der Waals surface area contributed by atoms with Crippen molar-refractivity contribution in [3.8, 4) is 23.0 Å². The van der Waals surface area contributed by atoms with Gasteiger partial charge in [0.1, 0.15) is 0 Å². The Bertz CT molecular complexity index is 959. The molecule has 1 N–H and O–H groups in total. The number of carbonyl (C=O) groups excluding carboxylic acids is 2. The molecule has 0 radical (unpaired) electrons. The van der Waals surface area contributed by atoms with Crippen LogP contribution >= 0.6 is 0 Å². The van der Waals surface area contributed by atoms with Gasteiger partial charge in [0.05, 0.1) is 34.4 Å². The Kier molecular flexibility index (Phi) is 6.34. The quantitative estimate of drug-likeness (QED) is 0.750. The maximum atomic E-state index is 12.9. The predicted molar refractivity (Wildman–Crippen MR) is 113 cm³/mol. The molecule has 160 valence electrons. The molecule has 0 aromatic heterocycles. The van der Waals surface area contributed by atoms with E-state index in [0.29, 0.717) is 34.4 Å². The Morgan fingerprint density at radius 2 is 1.53 bits per heavy atom. The fourth-order valence-corrected chi connectivity index (χ4v) is 3.48. The zero-order valence-electron chi connectivity index (χ0n) is 17.8. The molecular weight excluding hydrogens is 388 g/mol. The van der Waals surface area contributed by atoms with E-state index in [1.807, 2.05) is 6.92 Å². The first-order chi connectivity index (χ1) is 14.4. The number of hydrogen-bond acceptors (Lipinski definition) is 6. The second-order valence-electron chi connectivity index (χ2n) is 6.96. The van der Waals surface area contributed by atoms with Gasteiger partial charge in [0, 0.05) is 36.5 Å². The van der Waals surface area contributed by atoms with Crippen molar-refractivity contribution in [1.29, 1.82) is 0 Å². The molecule has 2 aromatic rings. The zero-order chi connectivity index (χ0) is 21.8. The summed E-state index contributed by atoms with van der Waals surface area (Å²) in [5.41, 5.74) is 2.12. The van der Waals surface area contributed by atoms with Crippen LogP contribution in [-0.4, -0.2) is 46.8 Å². The van der Waals surface area contributed by atoms with Gasteiger partial charge in [-0.2, -0.15) is 0 Å². The van der Waals surface area contributed by atoms with Crippen LogP contribution in [0.4, 0.5) is 11.4 Å². The number of carbonyl (C=O) groups is 2. The number of benzene rings is 2. The van der Waals surface area contributed by atoms with Crippen LogP contribution in [-0.2, 0) is 9.59 Å². The average Bonchev–Trinajstić information content (AvgIpc) is 3.15. The molecule has 8 nitrogen and oxygen atoms in total. The molecule has 2 aromatic carbocycles. The van der Waals surface area contributed by atoms with Crippen molar-refractivity contribution in [1.82, 2.24) is 0 Å². The van der Waals surface area contributed by atoms with E-state index in [-0.39, 0.29) is 24.8 Å². The van der Waals surface area contributed by atoms with Crippen molar-refractivity contribution in [2.45, 2.75) is 13.3 Å². The third-order valence-electron chi connectivity index (χ3n) is 5.16. The molecule has 3 rings (SSSR count). The highest BCUT2D eigenvalue weighted by molar-refractivity contribution is 6.04. The van der Waals surface area contributed by atoms with Gasteiger partial charge in [-0.3, -0.25) is 9.59 Å². The minimum atomic E-state index is -0.474. The van der Waals surface area contributed by atoms with Crippen LogP contribution in [0.5, 0.6) is 23.0 Å². The highest BCUT2D eigenvalue weighted by Gasteiger charge is 2.35. The van der Waals surface area contributed by atoms with Crippen LogP contribution in [0, 0.1) is 12.8 Å². The van der Waals surface area contributed by atoms with E-state index in [2.05, 4.69) is 5.32 Å². The molecule has 8 heteroatoms. The van der Waals surface area contributed by atoms with Gasteiger partial charge in [0.15, 0.2) is 23.0 Å². The lowest BCUT2D eigenvalue weighted by Crippen LogP contribution is -2.28. The lowest BCUT2D eigenvalue weighted by atomic mass is 10.1. The van der Waals surface area contributed by atoms with Crippen molar-refractivity contribution in [3.05, 3.63) is 35.9 Å². The van der Waals surface area contributed by atoms with Gasteiger partial charge in [-0.15, -0.1) is 0 Å². The lowest BCUT2D eigenvalue weighted by Gasteiger charge is -2.19. The van der Waals surface area contributed by atoms with Crippen molar-refractivity contribution in [3.63, 3.8) is 0 Å². The fraction of sp³-hybridized carbons (Fsp3) is 0.364. The van der Waals surface area contributed by atoms with Gasteiger partial charge in [-0.05, 0) is 30.7 Å². The van der Waals surface area contributed by atoms with Gasteiger partial charge in [0.25, 0.3) is 0 Å². The van der Waals surface area contributed by atoms with E-state index in [4.69, 9.17) is 18.9 Å². The summed E-state index contributed by atoms with van der Waals surface area (Å²) in [7, 11) is 6.18. The summed E-state index contributed by atoms with van der Waals surface area (Å²) in [5.74, 6) is 1.39. The van der Waals surface area contributed by atoms with E-state index in [0.717, 1.165) is 5.56 Å². The van der Waals surface area contributed by atoms with Gasteiger partial charge in [-0.1, -0.05) is 0 Å². The molecule has 2 amide bonds. The molecular formula is C22H26N2O6. The second-order valence-corrected chi connectivity index (χ2v) is 6.96. The first kappa shape index (κ1) is 21.3. The van der Waals surface area contributed by atoms with E-state index < -0.39 is 5.92 Å². The monoisotopic (exact) mass is 414 g/mol. The molecule has 1 aliphatic rings. The summed E-state index contributed by atoms with van der Waals surface area (Å²) in [4.78, 5) is 27.0. The highest BCUT2D eigenvalue weighted by Crippen LogP contribution is 2.35. The predicted octanol–water partition coefficient (Wildman–Crippen LogP) is 3.02. The largest absolute Gasteiger partial charge is 0.493 e. The number of amides is 2. The van der Waals surface area contributed by atoms with E-state index in [1.54, 1.807) is 49.5 Å². The first-order valence-electron chi connectivity index (χ1n) is 9.47. The van der Waals surface area contributed by atoms with Gasteiger partial charge >= 0.3 is 0 Å². The van der Waals surface area contributed by atoms with Crippen LogP contribution in [0.15, 0.2) is 30.3 Å². The third kappa shape index (κ3) is 4.12. The molecule has 1 aliphatic heterocycles. The normalized spacial score (nSPS) is 15.7. The number of aryl methyl sites for hydroxylation is 1. The zero-order valence-corrected chi connectivity index (χ0v) is 17.8. The smallest absolute Gasteiger partial charge is 0.229 e. The summed E-state index contributed by atoms with van der Waals surface area (Å²) < 4.78 is 21.1. The van der Waals surface area contributed by atoms with E-state index >= 15 is 0 Å². The van der Waals surface area contributed by atoms with Crippen LogP contribution < -0.4 is 29.2 Å². The van der Waals surface area contributed by atoms with Crippen LogP contribution in [0.3, 0.4) is 0 Å². The van der Waals surface area contributed by atoms with Gasteiger partial charge in [-0.25, -0.2) is 0 Å². The average molecular weight is 414 g/mol. The van der Waals surface area contributed by atoms with Gasteiger partial charge < -0.3 is 29.2 Å². The van der Waals surface area contributed by atoms with E-state index in [9.17, 15) is 9.59 Å². The fourth-order valence-electron chi connectivity index (χ4n) is 3.48. The van der Waals surface area contributed by atoms with Gasteiger partial charge in [0.2, 0.25) is 11.8 Å². The van der Waals surface area contributed by atoms with Crippen LogP contribution in [0.25, 0.3) is 0 Å². The summed E-state index contributed by atoms with van der Waals surface area (Å²) in [6.07, 6.45) is 0.131. The minimum absolute atomic E-state index is 0.119. The number of anilines is 2.